The van der Waals surface area contributed by atoms with Gasteiger partial charge in [0, 0.05) is 26.7 Å². The number of amides is 1. The van der Waals surface area contributed by atoms with E-state index in [1.54, 1.807) is 36.9 Å². The molecule has 2 aliphatic rings. The zero-order valence-corrected chi connectivity index (χ0v) is 19.7. The summed E-state index contributed by atoms with van der Waals surface area (Å²) < 4.78 is 30.4. The minimum atomic E-state index is -4.00. The average Bonchev–Trinajstić information content (AvgIpc) is 2.86. The number of methoxy groups -OCH3 is 1. The van der Waals surface area contributed by atoms with Crippen molar-refractivity contribution in [1.29, 1.82) is 0 Å². The van der Waals surface area contributed by atoms with Crippen LogP contribution in [-0.4, -0.2) is 69.1 Å². The fourth-order valence-corrected chi connectivity index (χ4v) is 6.79. The Balaban J connectivity index is 1.59. The molecule has 1 fully saturated rings. The SMILES string of the molecule is COCCN1CCc2ccc(-c3ccc(S(=O)(=O)C4(C(=O)NO)CCNCC4)cc3)cc2C1. The summed E-state index contributed by atoms with van der Waals surface area (Å²) in [5, 5.41) is 12.3. The highest BCUT2D eigenvalue weighted by atomic mass is 32.2. The number of benzene rings is 2. The van der Waals surface area contributed by atoms with Crippen LogP contribution in [0.1, 0.15) is 24.0 Å². The molecule has 0 atom stereocenters. The molecular weight excluding hydrogens is 442 g/mol. The molecule has 2 aromatic carbocycles. The largest absolute Gasteiger partial charge is 0.383 e. The first-order valence-electron chi connectivity index (χ1n) is 11.2. The standard InChI is InChI=1S/C24H31N3O5S/c1-32-15-14-27-13-8-19-2-3-20(16-21(19)17-27)18-4-6-22(7-5-18)33(30,31)24(23(28)26-29)9-11-25-12-10-24/h2-7,16,25,29H,8-15,17H2,1H3,(H,26,28). The van der Waals surface area contributed by atoms with Crippen molar-refractivity contribution in [3.63, 3.8) is 0 Å². The Hall–Kier alpha value is -2.30. The number of hydrogen-bond donors (Lipinski definition) is 3. The predicted octanol–water partition coefficient (Wildman–Crippen LogP) is 1.76. The maximum atomic E-state index is 13.5. The molecule has 3 N–H and O–H groups in total. The van der Waals surface area contributed by atoms with E-state index in [1.165, 1.54) is 11.1 Å². The predicted molar refractivity (Wildman–Crippen MR) is 125 cm³/mol. The molecule has 0 aliphatic carbocycles. The van der Waals surface area contributed by atoms with Gasteiger partial charge in [-0.3, -0.25) is 14.9 Å². The van der Waals surface area contributed by atoms with Crippen LogP contribution in [0.15, 0.2) is 47.4 Å². The fraction of sp³-hybridized carbons (Fsp3) is 0.458. The monoisotopic (exact) mass is 473 g/mol. The lowest BCUT2D eigenvalue weighted by Crippen LogP contribution is -2.57. The Labute approximate surface area is 194 Å². The van der Waals surface area contributed by atoms with Crippen LogP contribution in [0.4, 0.5) is 0 Å². The number of hydroxylamine groups is 1. The van der Waals surface area contributed by atoms with Crippen molar-refractivity contribution in [2.45, 2.75) is 35.4 Å². The first kappa shape index (κ1) is 23.8. The van der Waals surface area contributed by atoms with E-state index in [2.05, 4.69) is 28.4 Å². The van der Waals surface area contributed by atoms with Crippen LogP contribution >= 0.6 is 0 Å². The number of hydrogen-bond acceptors (Lipinski definition) is 7. The Morgan fingerprint density at radius 2 is 1.82 bits per heavy atom. The molecule has 0 bridgehead atoms. The van der Waals surface area contributed by atoms with E-state index in [1.807, 2.05) is 0 Å². The number of ether oxygens (including phenoxy) is 1. The third-order valence-electron chi connectivity index (χ3n) is 6.85. The third kappa shape index (κ3) is 4.56. The number of nitrogens with zero attached hydrogens (tertiary/aromatic N) is 1. The van der Waals surface area contributed by atoms with Gasteiger partial charge in [-0.15, -0.1) is 0 Å². The summed E-state index contributed by atoms with van der Waals surface area (Å²) in [4.78, 5) is 14.9. The van der Waals surface area contributed by atoms with Gasteiger partial charge in [0.1, 0.15) is 0 Å². The van der Waals surface area contributed by atoms with Crippen LogP contribution in [-0.2, 0) is 32.3 Å². The Morgan fingerprint density at radius 3 is 2.48 bits per heavy atom. The van der Waals surface area contributed by atoms with Crippen LogP contribution in [0.3, 0.4) is 0 Å². The van der Waals surface area contributed by atoms with Crippen molar-refractivity contribution in [3.05, 3.63) is 53.6 Å². The first-order chi connectivity index (χ1) is 15.9. The van der Waals surface area contributed by atoms with E-state index in [4.69, 9.17) is 4.74 Å². The van der Waals surface area contributed by atoms with Gasteiger partial charge in [-0.25, -0.2) is 13.9 Å². The Morgan fingerprint density at radius 1 is 1.12 bits per heavy atom. The molecule has 0 spiro atoms. The van der Waals surface area contributed by atoms with Gasteiger partial charge < -0.3 is 10.1 Å². The average molecular weight is 474 g/mol. The number of fused-ring (bicyclic) bond motifs is 1. The molecule has 178 valence electrons. The molecule has 2 aromatic rings. The van der Waals surface area contributed by atoms with E-state index >= 15 is 0 Å². The second-order valence-corrected chi connectivity index (χ2v) is 11.0. The van der Waals surface area contributed by atoms with Gasteiger partial charge >= 0.3 is 0 Å². The molecule has 1 amide bonds. The molecule has 0 saturated carbocycles. The lowest BCUT2D eigenvalue weighted by atomic mass is 9.95. The normalized spacial score (nSPS) is 18.5. The molecule has 0 radical (unpaired) electrons. The second-order valence-electron chi connectivity index (χ2n) is 8.72. The van der Waals surface area contributed by atoms with Crippen molar-refractivity contribution in [2.75, 3.05) is 39.9 Å². The van der Waals surface area contributed by atoms with E-state index in [-0.39, 0.29) is 17.7 Å². The van der Waals surface area contributed by atoms with Crippen LogP contribution in [0.5, 0.6) is 0 Å². The molecule has 2 aliphatic heterocycles. The van der Waals surface area contributed by atoms with Crippen LogP contribution in [0.25, 0.3) is 11.1 Å². The summed E-state index contributed by atoms with van der Waals surface area (Å²) in [6.45, 7) is 4.26. The highest BCUT2D eigenvalue weighted by molar-refractivity contribution is 7.93. The number of rotatable bonds is 7. The van der Waals surface area contributed by atoms with Crippen molar-refractivity contribution in [1.82, 2.24) is 15.7 Å². The number of nitrogens with one attached hydrogen (secondary N) is 2. The van der Waals surface area contributed by atoms with Crippen LogP contribution in [0, 0.1) is 0 Å². The van der Waals surface area contributed by atoms with Crippen molar-refractivity contribution >= 4 is 15.7 Å². The molecule has 2 heterocycles. The van der Waals surface area contributed by atoms with Gasteiger partial charge in [0.05, 0.1) is 11.5 Å². The van der Waals surface area contributed by atoms with Gasteiger partial charge in [0.15, 0.2) is 14.6 Å². The summed E-state index contributed by atoms with van der Waals surface area (Å²) in [6, 6.07) is 13.1. The summed E-state index contributed by atoms with van der Waals surface area (Å²) in [7, 11) is -2.28. The molecule has 1 saturated heterocycles. The molecule has 9 heteroatoms. The molecule has 8 nitrogen and oxygen atoms in total. The molecule has 4 rings (SSSR count). The first-order valence-corrected chi connectivity index (χ1v) is 12.7. The highest BCUT2D eigenvalue weighted by Crippen LogP contribution is 2.35. The number of piperidine rings is 1. The van der Waals surface area contributed by atoms with E-state index < -0.39 is 20.5 Å². The minimum absolute atomic E-state index is 0.0838. The topological polar surface area (TPSA) is 108 Å². The lowest BCUT2D eigenvalue weighted by Gasteiger charge is -2.34. The second kappa shape index (κ2) is 9.90. The summed E-state index contributed by atoms with van der Waals surface area (Å²) in [5.41, 5.74) is 6.13. The zero-order chi connectivity index (χ0) is 23.5. The zero-order valence-electron chi connectivity index (χ0n) is 18.8. The fourth-order valence-electron chi connectivity index (χ4n) is 4.81. The van der Waals surface area contributed by atoms with Gasteiger partial charge in [0.25, 0.3) is 5.91 Å². The van der Waals surface area contributed by atoms with E-state index in [0.29, 0.717) is 19.7 Å². The number of carbonyl (C=O) groups is 1. The summed E-state index contributed by atoms with van der Waals surface area (Å²) in [5.74, 6) is -0.874. The molecule has 0 aromatic heterocycles. The molecular formula is C24H31N3O5S. The lowest BCUT2D eigenvalue weighted by molar-refractivity contribution is -0.132. The molecule has 0 unspecified atom stereocenters. The van der Waals surface area contributed by atoms with Crippen molar-refractivity contribution in [2.24, 2.45) is 0 Å². The van der Waals surface area contributed by atoms with Gasteiger partial charge in [0.2, 0.25) is 0 Å². The van der Waals surface area contributed by atoms with Crippen LogP contribution < -0.4 is 10.8 Å². The Bertz CT molecular complexity index is 1100. The number of sulfone groups is 1. The highest BCUT2D eigenvalue weighted by Gasteiger charge is 2.51. The molecule has 33 heavy (non-hydrogen) atoms. The summed E-state index contributed by atoms with van der Waals surface area (Å²) >= 11 is 0. The van der Waals surface area contributed by atoms with Crippen LogP contribution in [0.2, 0.25) is 0 Å². The smallest absolute Gasteiger partial charge is 0.265 e. The maximum absolute atomic E-state index is 13.5. The van der Waals surface area contributed by atoms with E-state index in [0.717, 1.165) is 37.2 Å². The van der Waals surface area contributed by atoms with Crippen molar-refractivity contribution < 1.29 is 23.2 Å². The number of carbonyl (C=O) groups excluding carboxylic acids is 1. The van der Waals surface area contributed by atoms with Crippen molar-refractivity contribution in [3.8, 4) is 11.1 Å². The third-order valence-corrected chi connectivity index (χ3v) is 9.36. The van der Waals surface area contributed by atoms with E-state index in [9.17, 15) is 18.4 Å². The minimum Gasteiger partial charge on any atom is -0.383 e. The summed E-state index contributed by atoms with van der Waals surface area (Å²) in [6.07, 6.45) is 1.21. The quantitative estimate of drug-likeness (QED) is 0.415. The maximum Gasteiger partial charge on any atom is 0.265 e. The Kier molecular flexibility index (Phi) is 7.16. The van der Waals surface area contributed by atoms with Gasteiger partial charge in [-0.1, -0.05) is 24.3 Å². The van der Waals surface area contributed by atoms with Gasteiger partial charge in [-0.2, -0.15) is 0 Å². The van der Waals surface area contributed by atoms with Gasteiger partial charge in [-0.05, 0) is 72.8 Å².